The molecule has 16 heteroatoms. The Kier molecular flexibility index (Phi) is 9.22. The molecule has 9 nitrogen and oxygen atoms in total. The molecular weight excluding hydrogens is 443 g/mol. The van der Waals surface area contributed by atoms with Crippen LogP contribution in [0.3, 0.4) is 0 Å². The van der Waals surface area contributed by atoms with Gasteiger partial charge in [0.05, 0.1) is 49.2 Å². The molecule has 0 heterocycles. The van der Waals surface area contributed by atoms with E-state index in [0.29, 0.717) is 0 Å². The number of alkyl halides is 5. The predicted molar refractivity (Wildman–Crippen MR) is 85.6 cm³/mol. The molecule has 0 aromatic carbocycles. The summed E-state index contributed by atoms with van der Waals surface area (Å²) < 4.78 is 120. The highest BCUT2D eigenvalue weighted by Gasteiger charge is 2.68. The fourth-order valence-electron chi connectivity index (χ4n) is 2.20. The van der Waals surface area contributed by atoms with Crippen LogP contribution in [0.4, 0.5) is 22.0 Å². The van der Waals surface area contributed by atoms with Crippen molar-refractivity contribution in [3.8, 4) is 0 Å². The van der Waals surface area contributed by atoms with E-state index in [4.69, 9.17) is 5.11 Å². The average molecular weight is 466 g/mol. The standard InChI is InChI=1S/C12H23F5N2O7S2/c1-19(2,6-7-20)5-3-4-18(8-10(21)9-27(22,23)24)28(25,26)12(16,17)11(13,14)15/h10,20-21H,3-9H2,1-2H3. The van der Waals surface area contributed by atoms with Gasteiger partial charge in [-0.2, -0.15) is 26.3 Å². The summed E-state index contributed by atoms with van der Waals surface area (Å²) in [5, 5.41) is 12.2. The van der Waals surface area contributed by atoms with E-state index >= 15 is 0 Å². The third-order valence-corrected chi connectivity index (χ3v) is 6.36. The second-order valence-corrected chi connectivity index (χ2v) is 10.1. The molecule has 1 unspecified atom stereocenters. The number of hydrogen-bond acceptors (Lipinski definition) is 7. The number of aliphatic hydroxyl groups is 2. The minimum absolute atomic E-state index is 0.0557. The van der Waals surface area contributed by atoms with Gasteiger partial charge in [-0.05, 0) is 0 Å². The Morgan fingerprint density at radius 3 is 1.96 bits per heavy atom. The number of sulfonamides is 1. The van der Waals surface area contributed by atoms with Crippen LogP contribution in [-0.4, -0.2) is 111 Å². The second-order valence-electron chi connectivity index (χ2n) is 6.72. The monoisotopic (exact) mass is 466 g/mol. The Morgan fingerprint density at radius 2 is 1.57 bits per heavy atom. The highest BCUT2D eigenvalue weighted by atomic mass is 32.2. The van der Waals surface area contributed by atoms with E-state index in [2.05, 4.69) is 0 Å². The summed E-state index contributed by atoms with van der Waals surface area (Å²) in [5.41, 5.74) is 0. The van der Waals surface area contributed by atoms with Gasteiger partial charge in [0.1, 0.15) is 6.54 Å². The van der Waals surface area contributed by atoms with Crippen LogP contribution in [0.25, 0.3) is 0 Å². The number of likely N-dealkylation sites (N-methyl/N-ethyl adjacent to an activating group) is 1. The summed E-state index contributed by atoms with van der Waals surface area (Å²) >= 11 is 0. The predicted octanol–water partition coefficient (Wildman–Crippen LogP) is -0.862. The van der Waals surface area contributed by atoms with Gasteiger partial charge in [0.2, 0.25) is 0 Å². The van der Waals surface area contributed by atoms with Crippen molar-refractivity contribution in [3.63, 3.8) is 0 Å². The zero-order chi connectivity index (χ0) is 22.6. The maximum Gasteiger partial charge on any atom is 0.470 e. The number of aliphatic hydroxyl groups excluding tert-OH is 2. The topological polar surface area (TPSA) is 135 Å². The SMILES string of the molecule is C[N+](C)(CCO)CCCN(CC(O)CS(=O)(=O)[O-])S(=O)(=O)C(F)(F)C(F)(F)F. The Labute approximate surface area is 159 Å². The van der Waals surface area contributed by atoms with E-state index in [-0.39, 0.29) is 34.9 Å². The van der Waals surface area contributed by atoms with E-state index in [0.717, 1.165) is 0 Å². The molecule has 0 aliphatic carbocycles. The van der Waals surface area contributed by atoms with E-state index in [9.17, 15) is 48.4 Å². The molecule has 0 rings (SSSR count). The summed E-state index contributed by atoms with van der Waals surface area (Å²) in [6.45, 7) is -2.37. The first-order chi connectivity index (χ1) is 12.3. The van der Waals surface area contributed by atoms with Crippen molar-refractivity contribution in [1.29, 1.82) is 0 Å². The van der Waals surface area contributed by atoms with Crippen LogP contribution in [0.1, 0.15) is 6.42 Å². The van der Waals surface area contributed by atoms with E-state index in [1.165, 1.54) is 0 Å². The van der Waals surface area contributed by atoms with Crippen LogP contribution in [-0.2, 0) is 20.1 Å². The van der Waals surface area contributed by atoms with Gasteiger partial charge in [0, 0.05) is 19.5 Å². The summed E-state index contributed by atoms with van der Waals surface area (Å²) in [6.07, 6.45) is -9.01. The number of halogens is 5. The maximum atomic E-state index is 13.5. The Bertz CT molecular complexity index is 710. The van der Waals surface area contributed by atoms with Gasteiger partial charge in [-0.15, -0.1) is 0 Å². The molecular formula is C12H23F5N2O7S2. The molecule has 0 aliphatic rings. The number of rotatable bonds is 12. The molecule has 0 fully saturated rings. The summed E-state index contributed by atoms with van der Waals surface area (Å²) in [5.74, 6) is -1.57. The molecule has 0 amide bonds. The number of nitrogens with zero attached hydrogens (tertiary/aromatic N) is 2. The van der Waals surface area contributed by atoms with E-state index < -0.39 is 56.5 Å². The molecule has 1 atom stereocenters. The highest BCUT2D eigenvalue weighted by Crippen LogP contribution is 2.41. The molecule has 0 bridgehead atoms. The second kappa shape index (κ2) is 9.44. The van der Waals surface area contributed by atoms with Crippen LogP contribution in [0.15, 0.2) is 0 Å². The van der Waals surface area contributed by atoms with Gasteiger partial charge in [0.25, 0.3) is 10.0 Å². The minimum Gasteiger partial charge on any atom is -0.748 e. The van der Waals surface area contributed by atoms with Crippen LogP contribution in [0, 0.1) is 0 Å². The maximum absolute atomic E-state index is 13.5. The summed E-state index contributed by atoms with van der Waals surface area (Å²) in [7, 11) is -8.31. The molecule has 170 valence electrons. The number of quaternary nitrogens is 1. The summed E-state index contributed by atoms with van der Waals surface area (Å²) in [4.78, 5) is 0. The molecule has 2 N–H and O–H groups in total. The zero-order valence-corrected chi connectivity index (χ0v) is 16.7. The quantitative estimate of drug-likeness (QED) is 0.217. The van der Waals surface area contributed by atoms with Crippen molar-refractivity contribution in [2.24, 2.45) is 0 Å². The van der Waals surface area contributed by atoms with E-state index in [1.54, 1.807) is 14.1 Å². The Hall–Kier alpha value is -0.650. The van der Waals surface area contributed by atoms with Gasteiger partial charge in [-0.3, -0.25) is 0 Å². The fourth-order valence-corrected chi connectivity index (χ4v) is 4.13. The lowest BCUT2D eigenvalue weighted by Crippen LogP contribution is -2.54. The van der Waals surface area contributed by atoms with Crippen molar-refractivity contribution in [3.05, 3.63) is 0 Å². The molecule has 0 radical (unpaired) electrons. The lowest BCUT2D eigenvalue weighted by atomic mass is 10.3. The van der Waals surface area contributed by atoms with Gasteiger partial charge >= 0.3 is 11.4 Å². The van der Waals surface area contributed by atoms with Crippen LogP contribution in [0.5, 0.6) is 0 Å². The smallest absolute Gasteiger partial charge is 0.470 e. The fraction of sp³-hybridized carbons (Fsp3) is 1.00. The average Bonchev–Trinajstić information content (AvgIpc) is 2.42. The van der Waals surface area contributed by atoms with Crippen molar-refractivity contribution in [2.45, 2.75) is 24.0 Å². The van der Waals surface area contributed by atoms with Crippen molar-refractivity contribution in [2.75, 3.05) is 52.6 Å². The molecule has 0 spiro atoms. The van der Waals surface area contributed by atoms with Gasteiger partial charge in [0.15, 0.2) is 0 Å². The first kappa shape index (κ1) is 27.4. The van der Waals surface area contributed by atoms with Gasteiger partial charge in [-0.1, -0.05) is 0 Å². The molecule has 0 saturated carbocycles. The molecule has 0 aromatic rings. The van der Waals surface area contributed by atoms with Crippen molar-refractivity contribution in [1.82, 2.24) is 4.31 Å². The highest BCUT2D eigenvalue weighted by molar-refractivity contribution is 7.90. The van der Waals surface area contributed by atoms with Gasteiger partial charge in [-0.25, -0.2) is 16.8 Å². The van der Waals surface area contributed by atoms with E-state index in [1.807, 2.05) is 0 Å². The Balaban J connectivity index is 5.62. The molecule has 0 aliphatic heterocycles. The third-order valence-electron chi connectivity index (χ3n) is 3.68. The summed E-state index contributed by atoms with van der Waals surface area (Å²) in [6, 6.07) is 0. The third kappa shape index (κ3) is 8.00. The largest absolute Gasteiger partial charge is 0.748 e. The molecule has 0 saturated heterocycles. The lowest BCUT2D eigenvalue weighted by Gasteiger charge is -2.32. The van der Waals surface area contributed by atoms with Crippen LogP contribution in [0.2, 0.25) is 0 Å². The number of hydrogen-bond donors (Lipinski definition) is 2. The van der Waals surface area contributed by atoms with Crippen LogP contribution >= 0.6 is 0 Å². The van der Waals surface area contributed by atoms with Crippen molar-refractivity contribution >= 4 is 20.1 Å². The Morgan fingerprint density at radius 1 is 1.07 bits per heavy atom. The molecule has 0 aromatic heterocycles. The normalized spacial score (nSPS) is 15.8. The first-order valence-electron chi connectivity index (χ1n) is 7.75. The van der Waals surface area contributed by atoms with Crippen molar-refractivity contribution < 1.29 is 58.0 Å². The van der Waals surface area contributed by atoms with Crippen LogP contribution < -0.4 is 0 Å². The first-order valence-corrected chi connectivity index (χ1v) is 10.8. The zero-order valence-electron chi connectivity index (χ0n) is 15.1. The molecule has 28 heavy (non-hydrogen) atoms. The van der Waals surface area contributed by atoms with Gasteiger partial charge < -0.3 is 19.2 Å². The minimum atomic E-state index is -6.45. The lowest BCUT2D eigenvalue weighted by molar-refractivity contribution is -0.890.